The third-order valence-electron chi connectivity index (χ3n) is 4.67. The molecular weight excluding hydrogens is 297 g/mol. The van der Waals surface area contributed by atoms with E-state index in [9.17, 15) is 9.18 Å². The Hall–Kier alpha value is -2.42. The number of methoxy groups -OCH3 is 1. The second kappa shape index (κ2) is 6.37. The van der Waals surface area contributed by atoms with Crippen molar-refractivity contribution in [2.75, 3.05) is 7.11 Å². The van der Waals surface area contributed by atoms with Gasteiger partial charge in [-0.05, 0) is 37.7 Å². The summed E-state index contributed by atoms with van der Waals surface area (Å²) < 4.78 is 20.4. The first-order valence-electron chi connectivity index (χ1n) is 7.74. The van der Waals surface area contributed by atoms with Crippen LogP contribution in [0.25, 0.3) is 11.0 Å². The van der Waals surface area contributed by atoms with Gasteiger partial charge in [-0.2, -0.15) is 5.26 Å². The van der Waals surface area contributed by atoms with Crippen LogP contribution in [0.5, 0.6) is 0 Å². The van der Waals surface area contributed by atoms with Gasteiger partial charge in [0.2, 0.25) is 0 Å². The van der Waals surface area contributed by atoms with Crippen molar-refractivity contribution in [2.45, 2.75) is 32.2 Å². The Kier molecular flexibility index (Phi) is 4.28. The average Bonchev–Trinajstić information content (AvgIpc) is 2.95. The maximum Gasteiger partial charge on any atom is 0.308 e. The van der Waals surface area contributed by atoms with E-state index in [0.29, 0.717) is 11.4 Å². The standard InChI is InChI=1S/C17H18FN3O2/c1-23-17(22)12-4-2-11(3-5-12)9-21-10-20-15-7-14(18)13(8-19)6-16(15)21/h6-7,10-12H,2-5,9H2,1H3. The summed E-state index contributed by atoms with van der Waals surface area (Å²) in [6.45, 7) is 0.765. The van der Waals surface area contributed by atoms with Crippen LogP contribution in [-0.2, 0) is 16.1 Å². The first-order chi connectivity index (χ1) is 11.1. The van der Waals surface area contributed by atoms with Gasteiger partial charge in [-0.1, -0.05) is 0 Å². The number of nitriles is 1. The van der Waals surface area contributed by atoms with Crippen LogP contribution in [0.3, 0.4) is 0 Å². The van der Waals surface area contributed by atoms with Crippen molar-refractivity contribution in [1.29, 1.82) is 5.26 Å². The zero-order valence-corrected chi connectivity index (χ0v) is 13.0. The van der Waals surface area contributed by atoms with Gasteiger partial charge < -0.3 is 9.30 Å². The molecule has 6 heteroatoms. The van der Waals surface area contributed by atoms with E-state index in [1.807, 2.05) is 10.6 Å². The van der Waals surface area contributed by atoms with E-state index in [1.54, 1.807) is 12.4 Å². The van der Waals surface area contributed by atoms with Crippen LogP contribution in [0.15, 0.2) is 18.5 Å². The lowest BCUT2D eigenvalue weighted by Gasteiger charge is -2.27. The summed E-state index contributed by atoms with van der Waals surface area (Å²) >= 11 is 0. The fourth-order valence-electron chi connectivity index (χ4n) is 3.34. The molecule has 23 heavy (non-hydrogen) atoms. The van der Waals surface area contributed by atoms with Gasteiger partial charge in [-0.15, -0.1) is 0 Å². The fraction of sp³-hybridized carbons (Fsp3) is 0.471. The number of hydrogen-bond donors (Lipinski definition) is 0. The van der Waals surface area contributed by atoms with Crippen molar-refractivity contribution >= 4 is 17.0 Å². The van der Waals surface area contributed by atoms with Crippen molar-refractivity contribution in [3.63, 3.8) is 0 Å². The van der Waals surface area contributed by atoms with Gasteiger partial charge in [0, 0.05) is 12.6 Å². The molecule has 0 saturated heterocycles. The molecule has 1 heterocycles. The molecule has 1 saturated carbocycles. The lowest BCUT2D eigenvalue weighted by molar-refractivity contribution is -0.146. The summed E-state index contributed by atoms with van der Waals surface area (Å²) in [5, 5.41) is 8.97. The minimum absolute atomic E-state index is 0.00932. The van der Waals surface area contributed by atoms with Crippen LogP contribution in [-0.4, -0.2) is 22.6 Å². The molecule has 1 aromatic carbocycles. The number of carbonyl (C=O) groups is 1. The monoisotopic (exact) mass is 315 g/mol. The van der Waals surface area contributed by atoms with Gasteiger partial charge in [0.25, 0.3) is 0 Å². The SMILES string of the molecule is COC(=O)C1CCC(Cn2cnc3cc(F)c(C#N)cc32)CC1. The van der Waals surface area contributed by atoms with E-state index in [2.05, 4.69) is 4.98 Å². The van der Waals surface area contributed by atoms with Crippen molar-refractivity contribution in [1.82, 2.24) is 9.55 Å². The molecule has 1 fully saturated rings. The second-order valence-corrected chi connectivity index (χ2v) is 6.07. The first-order valence-corrected chi connectivity index (χ1v) is 7.74. The van der Waals surface area contributed by atoms with Crippen LogP contribution in [0.2, 0.25) is 0 Å². The number of carbonyl (C=O) groups excluding carboxylic acids is 1. The Morgan fingerprint density at radius 3 is 2.83 bits per heavy atom. The Morgan fingerprint density at radius 1 is 1.43 bits per heavy atom. The van der Waals surface area contributed by atoms with Gasteiger partial charge in [0.15, 0.2) is 0 Å². The number of halogens is 1. The molecule has 0 amide bonds. The number of benzene rings is 1. The van der Waals surface area contributed by atoms with Crippen LogP contribution in [0, 0.1) is 29.0 Å². The summed E-state index contributed by atoms with van der Waals surface area (Å²) in [6.07, 6.45) is 5.26. The van der Waals surface area contributed by atoms with E-state index >= 15 is 0 Å². The lowest BCUT2D eigenvalue weighted by atomic mass is 9.82. The highest BCUT2D eigenvalue weighted by Gasteiger charge is 2.27. The maximum atomic E-state index is 13.6. The molecule has 2 aromatic rings. The molecule has 0 N–H and O–H groups in total. The molecule has 1 aliphatic carbocycles. The summed E-state index contributed by atoms with van der Waals surface area (Å²) in [5.41, 5.74) is 1.37. The zero-order chi connectivity index (χ0) is 16.4. The largest absolute Gasteiger partial charge is 0.469 e. The molecule has 3 rings (SSSR count). The number of imidazole rings is 1. The fourth-order valence-corrected chi connectivity index (χ4v) is 3.34. The Labute approximate surface area is 133 Å². The third kappa shape index (κ3) is 3.04. The topological polar surface area (TPSA) is 67.9 Å². The average molecular weight is 315 g/mol. The van der Waals surface area contributed by atoms with Gasteiger partial charge >= 0.3 is 5.97 Å². The lowest BCUT2D eigenvalue weighted by Crippen LogP contribution is -2.24. The number of ether oxygens (including phenoxy) is 1. The van der Waals surface area contributed by atoms with Crippen LogP contribution < -0.4 is 0 Å². The van der Waals surface area contributed by atoms with Gasteiger partial charge in [-0.25, -0.2) is 9.37 Å². The zero-order valence-electron chi connectivity index (χ0n) is 13.0. The molecule has 0 unspecified atom stereocenters. The normalized spacial score (nSPS) is 21.1. The number of nitrogens with zero attached hydrogens (tertiary/aromatic N) is 3. The molecule has 0 atom stereocenters. The molecule has 1 aliphatic rings. The minimum Gasteiger partial charge on any atom is -0.469 e. The number of hydrogen-bond acceptors (Lipinski definition) is 4. The van der Waals surface area contributed by atoms with Crippen molar-refractivity contribution in [2.24, 2.45) is 11.8 Å². The van der Waals surface area contributed by atoms with E-state index < -0.39 is 5.82 Å². The number of esters is 1. The van der Waals surface area contributed by atoms with E-state index in [-0.39, 0.29) is 17.5 Å². The number of rotatable bonds is 3. The molecular formula is C17H18FN3O2. The molecule has 1 aromatic heterocycles. The minimum atomic E-state index is -0.538. The predicted molar refractivity (Wildman–Crippen MR) is 81.9 cm³/mol. The Balaban J connectivity index is 1.73. The quantitative estimate of drug-likeness (QED) is 0.817. The van der Waals surface area contributed by atoms with Crippen molar-refractivity contribution in [3.8, 4) is 6.07 Å². The second-order valence-electron chi connectivity index (χ2n) is 6.07. The highest BCUT2D eigenvalue weighted by Crippen LogP contribution is 2.31. The van der Waals surface area contributed by atoms with Gasteiger partial charge in [0.1, 0.15) is 11.9 Å². The Bertz CT molecular complexity index is 770. The van der Waals surface area contributed by atoms with Crippen LogP contribution in [0.4, 0.5) is 4.39 Å². The molecule has 0 bridgehead atoms. The summed E-state index contributed by atoms with van der Waals surface area (Å²) in [5.74, 6) is -0.200. The van der Waals surface area contributed by atoms with E-state index in [4.69, 9.17) is 10.00 Å². The molecule has 5 nitrogen and oxygen atoms in total. The van der Waals surface area contributed by atoms with Gasteiger partial charge in [0.05, 0.1) is 36.0 Å². The molecule has 0 aliphatic heterocycles. The summed E-state index contributed by atoms with van der Waals surface area (Å²) in [4.78, 5) is 15.8. The summed E-state index contributed by atoms with van der Waals surface area (Å²) in [7, 11) is 1.43. The number of fused-ring (bicyclic) bond motifs is 1. The van der Waals surface area contributed by atoms with Crippen molar-refractivity contribution in [3.05, 3.63) is 29.8 Å². The van der Waals surface area contributed by atoms with Crippen LogP contribution >= 0.6 is 0 Å². The maximum absolute atomic E-state index is 13.6. The smallest absolute Gasteiger partial charge is 0.308 e. The highest BCUT2D eigenvalue weighted by atomic mass is 19.1. The molecule has 0 radical (unpaired) electrons. The number of aromatic nitrogens is 2. The van der Waals surface area contributed by atoms with E-state index in [1.165, 1.54) is 13.2 Å². The highest BCUT2D eigenvalue weighted by molar-refractivity contribution is 5.77. The molecule has 120 valence electrons. The predicted octanol–water partition coefficient (Wildman–Crippen LogP) is 3.03. The molecule has 0 spiro atoms. The third-order valence-corrected chi connectivity index (χ3v) is 4.67. The van der Waals surface area contributed by atoms with E-state index in [0.717, 1.165) is 37.7 Å². The summed E-state index contributed by atoms with van der Waals surface area (Å²) in [6, 6.07) is 4.72. The van der Waals surface area contributed by atoms with Crippen LogP contribution in [0.1, 0.15) is 31.2 Å². The first kappa shape index (κ1) is 15.5. The van der Waals surface area contributed by atoms with Gasteiger partial charge in [-0.3, -0.25) is 4.79 Å². The van der Waals surface area contributed by atoms with Crippen molar-refractivity contribution < 1.29 is 13.9 Å². The Morgan fingerprint density at radius 2 is 2.17 bits per heavy atom.